The minimum atomic E-state index is -4.64. The third kappa shape index (κ3) is 5.34. The fourth-order valence-corrected chi connectivity index (χ4v) is 2.13. The van der Waals surface area contributed by atoms with E-state index >= 15 is 0 Å². The van der Waals surface area contributed by atoms with Gasteiger partial charge >= 0.3 is 0 Å². The van der Waals surface area contributed by atoms with Crippen LogP contribution in [-0.4, -0.2) is 23.7 Å². The number of hydroxylamine groups is 2. The minimum Gasteiger partial charge on any atom is -0.811 e. The minimum absolute atomic E-state index is 0.0591. The second-order valence-corrected chi connectivity index (χ2v) is 4.83. The van der Waals surface area contributed by atoms with E-state index in [4.69, 9.17) is 0 Å². The van der Waals surface area contributed by atoms with Gasteiger partial charge in [-0.05, 0) is 18.5 Å². The molecule has 0 saturated carbocycles. The van der Waals surface area contributed by atoms with Crippen molar-refractivity contribution in [3.8, 4) is 0 Å². The zero-order valence-electron chi connectivity index (χ0n) is 7.92. The number of hydrogen-bond acceptors (Lipinski definition) is 5. The Kier molecular flexibility index (Phi) is 5.95. The summed E-state index contributed by atoms with van der Waals surface area (Å²) in [6, 6.07) is 0. The molecule has 14 heavy (non-hydrogen) atoms. The first-order chi connectivity index (χ1) is 6.41. The number of amides is 1. The first kappa shape index (κ1) is 13.6. The summed E-state index contributed by atoms with van der Waals surface area (Å²) in [5, 5.41) is 10.6. The Morgan fingerprint density at radius 3 is 2.36 bits per heavy atom. The standard InChI is InChI=1S/C7H15NO5P/c1-2-3-7(14(11,12)13)4-5-8(10)6-9/h6-7H,2-5H2,1H3,(H2,11,12,13)/q-1/p-2. The van der Waals surface area contributed by atoms with Crippen LogP contribution >= 0.6 is 7.60 Å². The highest BCUT2D eigenvalue weighted by atomic mass is 31.2. The van der Waals surface area contributed by atoms with E-state index in [2.05, 4.69) is 0 Å². The van der Waals surface area contributed by atoms with E-state index in [1.54, 1.807) is 6.92 Å². The largest absolute Gasteiger partial charge is 0.811 e. The molecule has 1 unspecified atom stereocenters. The van der Waals surface area contributed by atoms with Crippen LogP contribution in [0.15, 0.2) is 0 Å². The molecule has 1 amide bonds. The number of carbonyl (C=O) groups excluding carboxylic acids is 1. The Morgan fingerprint density at radius 2 is 2.00 bits per heavy atom. The summed E-state index contributed by atoms with van der Waals surface area (Å²) >= 11 is 0. The van der Waals surface area contributed by atoms with Crippen LogP contribution in [0.3, 0.4) is 0 Å². The third-order valence-electron chi connectivity index (χ3n) is 1.87. The van der Waals surface area contributed by atoms with Crippen molar-refractivity contribution >= 4 is 14.0 Å². The third-order valence-corrected chi connectivity index (χ3v) is 3.28. The van der Waals surface area contributed by atoms with Crippen molar-refractivity contribution in [1.29, 1.82) is 0 Å². The highest BCUT2D eigenvalue weighted by Crippen LogP contribution is 2.36. The van der Waals surface area contributed by atoms with Crippen LogP contribution in [0, 0.1) is 5.21 Å². The molecule has 0 aliphatic carbocycles. The van der Waals surface area contributed by atoms with E-state index in [0.717, 1.165) is 0 Å². The lowest BCUT2D eigenvalue weighted by atomic mass is 10.2. The second kappa shape index (κ2) is 6.14. The number of hydrogen-bond donors (Lipinski definition) is 0. The molecule has 0 aliphatic rings. The number of rotatable bonds is 7. The summed E-state index contributed by atoms with van der Waals surface area (Å²) in [4.78, 5) is 31.3. The van der Waals surface area contributed by atoms with Gasteiger partial charge in [-0.25, -0.2) is 0 Å². The van der Waals surface area contributed by atoms with Gasteiger partial charge in [0.25, 0.3) is 0 Å². The van der Waals surface area contributed by atoms with Crippen molar-refractivity contribution < 1.29 is 19.1 Å². The monoisotopic (exact) mass is 222 g/mol. The van der Waals surface area contributed by atoms with Gasteiger partial charge in [0.05, 0.1) is 0 Å². The zero-order valence-corrected chi connectivity index (χ0v) is 8.81. The van der Waals surface area contributed by atoms with Crippen LogP contribution in [0.4, 0.5) is 0 Å². The van der Waals surface area contributed by atoms with Crippen LogP contribution in [-0.2, 0) is 9.36 Å². The van der Waals surface area contributed by atoms with Gasteiger partial charge in [-0.3, -0.25) is 4.79 Å². The van der Waals surface area contributed by atoms with Crippen LogP contribution < -0.4 is 9.79 Å². The molecule has 0 spiro atoms. The smallest absolute Gasteiger partial charge is 0.199 e. The Hall–Kier alpha value is -0.420. The molecule has 1 atom stereocenters. The fraction of sp³-hybridized carbons (Fsp3) is 0.857. The summed E-state index contributed by atoms with van der Waals surface area (Å²) < 4.78 is 10.7. The van der Waals surface area contributed by atoms with Crippen molar-refractivity contribution in [1.82, 2.24) is 5.06 Å². The Morgan fingerprint density at radius 1 is 1.43 bits per heavy atom. The van der Waals surface area contributed by atoms with Crippen LogP contribution in [0.1, 0.15) is 26.2 Å². The maximum absolute atomic E-state index is 10.7. The lowest BCUT2D eigenvalue weighted by molar-refractivity contribution is -0.317. The molecule has 0 aliphatic heterocycles. The van der Waals surface area contributed by atoms with Crippen molar-refractivity contribution in [3.05, 3.63) is 5.21 Å². The molecule has 84 valence electrons. The molecule has 0 aromatic rings. The molecule has 0 N–H and O–H groups in total. The quantitative estimate of drug-likeness (QED) is 0.325. The van der Waals surface area contributed by atoms with Crippen molar-refractivity contribution in [2.75, 3.05) is 6.54 Å². The highest BCUT2D eigenvalue weighted by Gasteiger charge is 2.11. The Bertz CT molecular complexity index is 216. The normalized spacial score (nSPS) is 13.7. The van der Waals surface area contributed by atoms with Gasteiger partial charge in [-0.2, -0.15) is 0 Å². The highest BCUT2D eigenvalue weighted by molar-refractivity contribution is 7.49. The summed E-state index contributed by atoms with van der Waals surface area (Å²) in [5.41, 5.74) is -1.04. The van der Waals surface area contributed by atoms with Gasteiger partial charge in [0.15, 0.2) is 6.41 Å². The van der Waals surface area contributed by atoms with E-state index in [-0.39, 0.29) is 30.9 Å². The number of nitrogens with zero attached hydrogens (tertiary/aromatic N) is 1. The van der Waals surface area contributed by atoms with Crippen LogP contribution in [0.5, 0.6) is 0 Å². The molecule has 0 heterocycles. The SMILES string of the molecule is CCCC(CCN([O-])C=O)P(=O)([O-])[O-]. The van der Waals surface area contributed by atoms with Gasteiger partial charge in [-0.15, -0.1) is 0 Å². The maximum Gasteiger partial charge on any atom is 0.199 e. The number of carbonyl (C=O) groups is 1. The molecule has 0 fully saturated rings. The van der Waals surface area contributed by atoms with Crippen molar-refractivity contribution in [2.24, 2.45) is 0 Å². The molecule has 0 aromatic carbocycles. The van der Waals surface area contributed by atoms with E-state index < -0.39 is 13.3 Å². The summed E-state index contributed by atoms with van der Waals surface area (Å²) in [6.45, 7) is 1.50. The lowest BCUT2D eigenvalue weighted by Gasteiger charge is -2.39. The Balaban J connectivity index is 4.11. The van der Waals surface area contributed by atoms with Gasteiger partial charge in [0.2, 0.25) is 0 Å². The molecule has 0 radical (unpaired) electrons. The molecular weight excluding hydrogens is 209 g/mol. The molecule has 0 saturated heterocycles. The Labute approximate surface area is 82.6 Å². The van der Waals surface area contributed by atoms with Gasteiger partial charge < -0.3 is 24.6 Å². The van der Waals surface area contributed by atoms with E-state index in [9.17, 15) is 24.4 Å². The predicted octanol–water partition coefficient (Wildman–Crippen LogP) is -0.585. The molecule has 0 aromatic heterocycles. The van der Waals surface area contributed by atoms with Crippen molar-refractivity contribution in [2.45, 2.75) is 31.8 Å². The summed E-state index contributed by atoms with van der Waals surface area (Å²) in [7, 11) is -4.64. The summed E-state index contributed by atoms with van der Waals surface area (Å²) in [6.07, 6.45) is 0.764. The van der Waals surface area contributed by atoms with Crippen LogP contribution in [0.25, 0.3) is 0 Å². The predicted molar refractivity (Wildman–Crippen MR) is 47.1 cm³/mol. The summed E-state index contributed by atoms with van der Waals surface area (Å²) in [5.74, 6) is 0. The van der Waals surface area contributed by atoms with Gasteiger partial charge in [0, 0.05) is 6.54 Å². The van der Waals surface area contributed by atoms with E-state index in [1.165, 1.54) is 0 Å². The first-order valence-corrected chi connectivity index (χ1v) is 5.93. The van der Waals surface area contributed by atoms with E-state index in [0.29, 0.717) is 6.42 Å². The lowest BCUT2D eigenvalue weighted by Crippen LogP contribution is -2.29. The fourth-order valence-electron chi connectivity index (χ4n) is 1.12. The second-order valence-electron chi connectivity index (χ2n) is 3.02. The van der Waals surface area contributed by atoms with Crippen molar-refractivity contribution in [3.63, 3.8) is 0 Å². The average molecular weight is 222 g/mol. The van der Waals surface area contributed by atoms with Gasteiger partial charge in [0.1, 0.15) is 0 Å². The maximum atomic E-state index is 10.7. The van der Waals surface area contributed by atoms with Crippen LogP contribution in [0.2, 0.25) is 0 Å². The van der Waals surface area contributed by atoms with E-state index in [1.807, 2.05) is 0 Å². The molecule has 6 nitrogen and oxygen atoms in total. The first-order valence-electron chi connectivity index (χ1n) is 4.32. The zero-order chi connectivity index (χ0) is 11.2. The molecular formula is C7H13NO5P-3. The van der Waals surface area contributed by atoms with Gasteiger partial charge in [-0.1, -0.05) is 20.9 Å². The average Bonchev–Trinajstić information content (AvgIpc) is 2.09. The topological polar surface area (TPSA) is 107 Å². The molecule has 0 rings (SSSR count). The molecule has 0 bridgehead atoms. The molecule has 7 heteroatoms.